The fourth-order valence-corrected chi connectivity index (χ4v) is 3.64. The molecule has 0 aliphatic carbocycles. The number of likely N-dealkylation sites (tertiary alicyclic amines) is 1. The first-order chi connectivity index (χ1) is 11.1. The highest BCUT2D eigenvalue weighted by Crippen LogP contribution is 2.42. The van der Waals surface area contributed by atoms with Crippen molar-refractivity contribution in [2.24, 2.45) is 5.41 Å². The molecule has 1 heterocycles. The zero-order valence-electron chi connectivity index (χ0n) is 16.9. The molecule has 1 aliphatic rings. The van der Waals surface area contributed by atoms with Crippen LogP contribution in [0.2, 0.25) is 0 Å². The normalized spacial score (nSPS) is 18.5. The second-order valence-electron chi connectivity index (χ2n) is 8.85. The van der Waals surface area contributed by atoms with E-state index < -0.39 is 0 Å². The summed E-state index contributed by atoms with van der Waals surface area (Å²) in [5, 5.41) is 0. The van der Waals surface area contributed by atoms with E-state index >= 15 is 0 Å². The molecule has 0 spiro atoms. The minimum absolute atomic E-state index is 0.219. The summed E-state index contributed by atoms with van der Waals surface area (Å²) < 4.78 is 6.29. The van der Waals surface area contributed by atoms with Crippen molar-refractivity contribution in [1.29, 1.82) is 0 Å². The predicted molar refractivity (Wildman–Crippen MR) is 103 cm³/mol. The summed E-state index contributed by atoms with van der Waals surface area (Å²) >= 11 is 0. The Balaban J connectivity index is 1.85. The number of benzene rings is 1. The molecule has 136 valence electrons. The van der Waals surface area contributed by atoms with Crippen molar-refractivity contribution in [3.63, 3.8) is 0 Å². The molecule has 0 atom stereocenters. The minimum Gasteiger partial charge on any atom is -0.371 e. The van der Waals surface area contributed by atoms with Crippen LogP contribution in [0.15, 0.2) is 24.3 Å². The zero-order chi connectivity index (χ0) is 18.0. The summed E-state index contributed by atoms with van der Waals surface area (Å²) in [6.07, 6.45) is 3.67. The maximum absolute atomic E-state index is 6.29. The number of hydrogen-bond acceptors (Lipinski definition) is 2. The SMILES string of the molecule is CCC1(CC)CN(C(C)(C)CCOC(C)(C)c2ccc(C)cc2)C1. The summed E-state index contributed by atoms with van der Waals surface area (Å²) in [6.45, 7) is 19.2. The van der Waals surface area contributed by atoms with Gasteiger partial charge in [0.2, 0.25) is 0 Å². The second kappa shape index (κ2) is 7.17. The highest BCUT2D eigenvalue weighted by atomic mass is 16.5. The quantitative estimate of drug-likeness (QED) is 0.620. The van der Waals surface area contributed by atoms with Crippen molar-refractivity contribution in [1.82, 2.24) is 4.90 Å². The van der Waals surface area contributed by atoms with Crippen LogP contribution >= 0.6 is 0 Å². The largest absolute Gasteiger partial charge is 0.371 e. The van der Waals surface area contributed by atoms with Gasteiger partial charge in [0.05, 0.1) is 5.60 Å². The van der Waals surface area contributed by atoms with E-state index in [2.05, 4.69) is 77.6 Å². The summed E-state index contributed by atoms with van der Waals surface area (Å²) in [5.41, 5.74) is 3.11. The van der Waals surface area contributed by atoms with Crippen LogP contribution in [-0.2, 0) is 10.3 Å². The molecule has 1 saturated heterocycles. The molecule has 24 heavy (non-hydrogen) atoms. The van der Waals surface area contributed by atoms with Crippen LogP contribution in [0.1, 0.15) is 71.9 Å². The first kappa shape index (κ1) is 19.5. The van der Waals surface area contributed by atoms with Crippen LogP contribution < -0.4 is 0 Å². The summed E-state index contributed by atoms with van der Waals surface area (Å²) in [7, 11) is 0. The number of ether oxygens (including phenoxy) is 1. The first-order valence-corrected chi connectivity index (χ1v) is 9.60. The van der Waals surface area contributed by atoms with Crippen LogP contribution in [0.5, 0.6) is 0 Å². The lowest BCUT2D eigenvalue weighted by atomic mass is 9.72. The van der Waals surface area contributed by atoms with Crippen LogP contribution in [0.3, 0.4) is 0 Å². The molecule has 2 rings (SSSR count). The van der Waals surface area contributed by atoms with Gasteiger partial charge < -0.3 is 4.74 Å². The molecule has 1 aromatic carbocycles. The van der Waals surface area contributed by atoms with Gasteiger partial charge in [-0.05, 0) is 64.9 Å². The molecular formula is C22H37NO. The van der Waals surface area contributed by atoms with Gasteiger partial charge in [-0.15, -0.1) is 0 Å². The van der Waals surface area contributed by atoms with Crippen LogP contribution in [-0.4, -0.2) is 30.1 Å². The van der Waals surface area contributed by atoms with Gasteiger partial charge in [0.25, 0.3) is 0 Å². The predicted octanol–water partition coefficient (Wildman–Crippen LogP) is 5.54. The molecule has 1 aliphatic heterocycles. The van der Waals surface area contributed by atoms with Crippen molar-refractivity contribution in [2.75, 3.05) is 19.7 Å². The average Bonchev–Trinajstić information content (AvgIpc) is 2.47. The number of rotatable bonds is 8. The zero-order valence-corrected chi connectivity index (χ0v) is 16.9. The standard InChI is InChI=1S/C22H37NO/c1-8-22(9-2)16-23(17-22)20(4,5)14-15-24-21(6,7)19-12-10-18(3)11-13-19/h10-13H,8-9,14-17H2,1-7H3. The van der Waals surface area contributed by atoms with Crippen molar-refractivity contribution in [3.8, 4) is 0 Å². The van der Waals surface area contributed by atoms with Gasteiger partial charge in [0.15, 0.2) is 0 Å². The van der Waals surface area contributed by atoms with Crippen molar-refractivity contribution < 1.29 is 4.74 Å². The third kappa shape index (κ3) is 4.21. The second-order valence-corrected chi connectivity index (χ2v) is 8.85. The van der Waals surface area contributed by atoms with Crippen LogP contribution in [0.4, 0.5) is 0 Å². The van der Waals surface area contributed by atoms with Gasteiger partial charge in [-0.25, -0.2) is 0 Å². The number of nitrogens with zero attached hydrogens (tertiary/aromatic N) is 1. The fraction of sp³-hybridized carbons (Fsp3) is 0.727. The highest BCUT2D eigenvalue weighted by molar-refractivity contribution is 5.25. The average molecular weight is 332 g/mol. The Hall–Kier alpha value is -0.860. The van der Waals surface area contributed by atoms with Gasteiger partial charge in [-0.1, -0.05) is 43.7 Å². The van der Waals surface area contributed by atoms with E-state index in [1.807, 2.05) is 0 Å². The molecule has 0 saturated carbocycles. The van der Waals surface area contributed by atoms with Gasteiger partial charge in [-0.2, -0.15) is 0 Å². The topological polar surface area (TPSA) is 12.5 Å². The van der Waals surface area contributed by atoms with Crippen LogP contribution in [0, 0.1) is 12.3 Å². The molecule has 0 amide bonds. The molecule has 2 heteroatoms. The van der Waals surface area contributed by atoms with Gasteiger partial charge in [-0.3, -0.25) is 4.90 Å². The maximum atomic E-state index is 6.29. The summed E-state index contributed by atoms with van der Waals surface area (Å²) in [4.78, 5) is 2.64. The van der Waals surface area contributed by atoms with E-state index in [0.717, 1.165) is 13.0 Å². The van der Waals surface area contributed by atoms with Crippen molar-refractivity contribution >= 4 is 0 Å². The molecule has 0 radical (unpaired) electrons. The minimum atomic E-state index is -0.227. The van der Waals surface area contributed by atoms with Gasteiger partial charge in [0.1, 0.15) is 0 Å². The molecule has 0 unspecified atom stereocenters. The number of hydrogen-bond donors (Lipinski definition) is 0. The molecule has 1 aromatic rings. The van der Waals surface area contributed by atoms with Crippen molar-refractivity contribution in [2.45, 2.75) is 78.9 Å². The smallest absolute Gasteiger partial charge is 0.0875 e. The summed E-state index contributed by atoms with van der Waals surface area (Å²) in [5.74, 6) is 0. The Morgan fingerprint density at radius 3 is 2.04 bits per heavy atom. The number of aryl methyl sites for hydroxylation is 1. The monoisotopic (exact) mass is 331 g/mol. The lowest BCUT2D eigenvalue weighted by molar-refractivity contribution is -0.0928. The highest BCUT2D eigenvalue weighted by Gasteiger charge is 2.45. The van der Waals surface area contributed by atoms with Gasteiger partial charge >= 0.3 is 0 Å². The maximum Gasteiger partial charge on any atom is 0.0875 e. The van der Waals surface area contributed by atoms with E-state index in [-0.39, 0.29) is 11.1 Å². The molecular weight excluding hydrogens is 294 g/mol. The summed E-state index contributed by atoms with van der Waals surface area (Å²) in [6, 6.07) is 8.71. The lowest BCUT2D eigenvalue weighted by Crippen LogP contribution is -2.63. The Morgan fingerprint density at radius 2 is 1.54 bits per heavy atom. The lowest BCUT2D eigenvalue weighted by Gasteiger charge is -2.56. The Kier molecular flexibility index (Phi) is 5.82. The third-order valence-corrected chi connectivity index (χ3v) is 6.33. The fourth-order valence-electron chi connectivity index (χ4n) is 3.64. The van der Waals surface area contributed by atoms with Gasteiger partial charge in [0, 0.05) is 25.2 Å². The molecule has 0 aromatic heterocycles. The van der Waals surface area contributed by atoms with E-state index in [1.165, 1.54) is 37.1 Å². The Morgan fingerprint density at radius 1 is 1.00 bits per heavy atom. The molecule has 1 fully saturated rings. The third-order valence-electron chi connectivity index (χ3n) is 6.33. The Bertz CT molecular complexity index is 517. The van der Waals surface area contributed by atoms with E-state index in [1.54, 1.807) is 0 Å². The van der Waals surface area contributed by atoms with Crippen LogP contribution in [0.25, 0.3) is 0 Å². The first-order valence-electron chi connectivity index (χ1n) is 9.60. The Labute approximate surface area is 149 Å². The van der Waals surface area contributed by atoms with E-state index in [0.29, 0.717) is 5.41 Å². The van der Waals surface area contributed by atoms with Crippen molar-refractivity contribution in [3.05, 3.63) is 35.4 Å². The molecule has 0 N–H and O–H groups in total. The molecule has 0 bridgehead atoms. The van der Waals surface area contributed by atoms with E-state index in [9.17, 15) is 0 Å². The molecule has 2 nitrogen and oxygen atoms in total. The van der Waals surface area contributed by atoms with E-state index in [4.69, 9.17) is 4.74 Å².